The molecule has 0 aliphatic heterocycles. The lowest BCUT2D eigenvalue weighted by Crippen LogP contribution is -1.92. The molecule has 0 aromatic carbocycles. The van der Waals surface area contributed by atoms with E-state index in [-0.39, 0.29) is 6.42 Å². The maximum absolute atomic E-state index is 10.3. The summed E-state index contributed by atoms with van der Waals surface area (Å²) in [6, 6.07) is 0. The number of carboxylic acids is 1. The van der Waals surface area contributed by atoms with Crippen LogP contribution in [-0.2, 0) is 4.79 Å². The van der Waals surface area contributed by atoms with Gasteiger partial charge >= 0.3 is 5.97 Å². The van der Waals surface area contributed by atoms with Crippen molar-refractivity contribution in [2.75, 3.05) is 0 Å². The quantitative estimate of drug-likeness (QED) is 0.381. The summed E-state index contributed by atoms with van der Waals surface area (Å²) in [7, 11) is 0. The minimum Gasteiger partial charge on any atom is -0.481 e. The lowest BCUT2D eigenvalue weighted by atomic mass is 10.2. The molecule has 0 rings (SSSR count). The van der Waals surface area contributed by atoms with E-state index >= 15 is 0 Å². The smallest absolute Gasteiger partial charge is 0.303 e. The third-order valence-electron chi connectivity index (χ3n) is 2.73. The molecule has 0 aromatic heterocycles. The summed E-state index contributed by atoms with van der Waals surface area (Å²) >= 11 is 0. The zero-order valence-electron chi connectivity index (χ0n) is 12.6. The second-order valence-electron chi connectivity index (χ2n) is 4.64. The van der Waals surface area contributed by atoms with E-state index in [1.165, 1.54) is 0 Å². The molecule has 0 radical (unpaired) electrons. The summed E-state index contributed by atoms with van der Waals surface area (Å²) in [6.45, 7) is 2.14. The molecule has 0 amide bonds. The van der Waals surface area contributed by atoms with E-state index in [1.807, 2.05) is 0 Å². The van der Waals surface area contributed by atoms with Crippen molar-refractivity contribution in [2.45, 2.75) is 58.3 Å². The van der Waals surface area contributed by atoms with E-state index in [1.54, 1.807) is 0 Å². The van der Waals surface area contributed by atoms with Crippen molar-refractivity contribution in [1.82, 2.24) is 0 Å². The van der Waals surface area contributed by atoms with Gasteiger partial charge in [-0.15, -0.1) is 0 Å². The second-order valence-corrected chi connectivity index (χ2v) is 4.64. The number of carboxylic acid groups (broad SMARTS) is 1. The molecule has 0 fully saturated rings. The number of hydrogen-bond donors (Lipinski definition) is 1. The number of unbranched alkanes of at least 4 members (excludes halogenated alkanes) is 2. The highest BCUT2D eigenvalue weighted by molar-refractivity contribution is 5.66. The monoisotopic (exact) mass is 276 g/mol. The van der Waals surface area contributed by atoms with E-state index in [4.69, 9.17) is 5.11 Å². The van der Waals surface area contributed by atoms with Crippen LogP contribution in [0.2, 0.25) is 0 Å². The number of hydrogen-bond acceptors (Lipinski definition) is 1. The van der Waals surface area contributed by atoms with E-state index < -0.39 is 5.97 Å². The molecule has 0 aliphatic carbocycles. The largest absolute Gasteiger partial charge is 0.481 e. The third kappa shape index (κ3) is 16.4. The molecule has 0 aromatic rings. The van der Waals surface area contributed by atoms with Crippen LogP contribution in [-0.4, -0.2) is 11.1 Å². The van der Waals surface area contributed by atoms with E-state index in [0.29, 0.717) is 0 Å². The first-order chi connectivity index (χ1) is 9.77. The number of rotatable bonds is 12. The molecule has 112 valence electrons. The van der Waals surface area contributed by atoms with Crippen molar-refractivity contribution >= 4 is 5.97 Å². The molecule has 0 atom stereocenters. The van der Waals surface area contributed by atoms with Crippen LogP contribution in [0.3, 0.4) is 0 Å². The first-order valence-electron chi connectivity index (χ1n) is 7.59. The minimum absolute atomic E-state index is 0.285. The number of allylic oxidation sites excluding steroid dienone is 8. The molecule has 1 N–H and O–H groups in total. The van der Waals surface area contributed by atoms with Gasteiger partial charge in [-0.1, -0.05) is 55.5 Å². The Kier molecular flexibility index (Phi) is 14.3. The van der Waals surface area contributed by atoms with Crippen LogP contribution >= 0.6 is 0 Å². The summed E-state index contributed by atoms with van der Waals surface area (Å²) < 4.78 is 0. The zero-order valence-corrected chi connectivity index (χ0v) is 12.6. The Balaban J connectivity index is 3.38. The molecule has 0 saturated carbocycles. The Labute approximate surface area is 123 Å². The Morgan fingerprint density at radius 2 is 1.30 bits per heavy atom. The lowest BCUT2D eigenvalue weighted by molar-refractivity contribution is -0.137. The van der Waals surface area contributed by atoms with Crippen LogP contribution in [0, 0.1) is 0 Å². The molecule has 2 nitrogen and oxygen atoms in total. The van der Waals surface area contributed by atoms with Crippen LogP contribution in [0.15, 0.2) is 48.6 Å². The molecule has 0 bridgehead atoms. The van der Waals surface area contributed by atoms with Gasteiger partial charge in [-0.25, -0.2) is 0 Å². The van der Waals surface area contributed by atoms with E-state index in [9.17, 15) is 4.79 Å². The maximum atomic E-state index is 10.3. The average Bonchev–Trinajstić information content (AvgIpc) is 2.43. The van der Waals surface area contributed by atoms with Crippen molar-refractivity contribution < 1.29 is 9.90 Å². The predicted octanol–water partition coefficient (Wildman–Crippen LogP) is 5.44. The normalized spacial score (nSPS) is 12.4. The summed E-state index contributed by atoms with van der Waals surface area (Å²) in [5.41, 5.74) is 0. The van der Waals surface area contributed by atoms with Gasteiger partial charge in [0.05, 0.1) is 0 Å². The van der Waals surface area contributed by atoms with Gasteiger partial charge in [0.15, 0.2) is 0 Å². The van der Waals surface area contributed by atoms with Crippen LogP contribution in [0.5, 0.6) is 0 Å². The molecular formula is C18H28O2. The van der Waals surface area contributed by atoms with Gasteiger partial charge in [-0.05, 0) is 44.9 Å². The lowest BCUT2D eigenvalue weighted by Gasteiger charge is -1.92. The van der Waals surface area contributed by atoms with Gasteiger partial charge in [0, 0.05) is 6.42 Å². The molecular weight excluding hydrogens is 248 g/mol. The van der Waals surface area contributed by atoms with Gasteiger partial charge in [0.25, 0.3) is 0 Å². The summed E-state index contributed by atoms with van der Waals surface area (Å²) in [6.07, 6.45) is 24.4. The molecule has 0 heterocycles. The standard InChI is InChI=1S/C18H28O2/c1-2-3-4-5-6-7-8-9-10-11-12-13-14-15-16-17-18(19)20/h3-4,6-7,9-10,12-13H,2,5,8,11,14-17H2,1H3,(H,19,20)/b4-3?,7-6-,10-9-,13-12-. The van der Waals surface area contributed by atoms with Gasteiger partial charge in [0.2, 0.25) is 0 Å². The molecule has 0 saturated heterocycles. The number of carbonyl (C=O) groups is 1. The topological polar surface area (TPSA) is 37.3 Å². The van der Waals surface area contributed by atoms with Crippen molar-refractivity contribution in [2.24, 2.45) is 0 Å². The molecule has 0 spiro atoms. The summed E-state index contributed by atoms with van der Waals surface area (Å²) in [4.78, 5) is 10.3. The fourth-order valence-corrected chi connectivity index (χ4v) is 1.64. The van der Waals surface area contributed by atoms with E-state index in [0.717, 1.165) is 44.9 Å². The fraction of sp³-hybridized carbons (Fsp3) is 0.500. The SMILES string of the molecule is CCC=CC/C=C\C/C=C\C/C=C\CCCCC(=O)O. The first kappa shape index (κ1) is 18.4. The van der Waals surface area contributed by atoms with Gasteiger partial charge in [-0.2, -0.15) is 0 Å². The predicted molar refractivity (Wildman–Crippen MR) is 86.8 cm³/mol. The Bertz CT molecular complexity index is 335. The highest BCUT2D eigenvalue weighted by Crippen LogP contribution is 2.01. The van der Waals surface area contributed by atoms with Gasteiger partial charge in [0.1, 0.15) is 0 Å². The van der Waals surface area contributed by atoms with Gasteiger partial charge in [-0.3, -0.25) is 4.79 Å². The van der Waals surface area contributed by atoms with Gasteiger partial charge < -0.3 is 5.11 Å². The van der Waals surface area contributed by atoms with Crippen molar-refractivity contribution in [3.8, 4) is 0 Å². The molecule has 0 unspecified atom stereocenters. The zero-order chi connectivity index (χ0) is 14.9. The van der Waals surface area contributed by atoms with Crippen LogP contribution in [0.25, 0.3) is 0 Å². The Morgan fingerprint density at radius 3 is 1.80 bits per heavy atom. The summed E-state index contributed by atoms with van der Waals surface area (Å²) in [5.74, 6) is -0.699. The molecule has 0 aliphatic rings. The Hall–Kier alpha value is -1.57. The summed E-state index contributed by atoms with van der Waals surface area (Å²) in [5, 5.41) is 8.48. The molecule has 20 heavy (non-hydrogen) atoms. The van der Waals surface area contributed by atoms with Crippen molar-refractivity contribution in [1.29, 1.82) is 0 Å². The molecule has 2 heteroatoms. The highest BCUT2D eigenvalue weighted by Gasteiger charge is 1.93. The first-order valence-corrected chi connectivity index (χ1v) is 7.59. The number of aliphatic carboxylic acids is 1. The van der Waals surface area contributed by atoms with Crippen LogP contribution in [0.1, 0.15) is 58.3 Å². The van der Waals surface area contributed by atoms with Crippen LogP contribution in [0.4, 0.5) is 0 Å². The maximum Gasteiger partial charge on any atom is 0.303 e. The van der Waals surface area contributed by atoms with Crippen molar-refractivity contribution in [3.05, 3.63) is 48.6 Å². The van der Waals surface area contributed by atoms with E-state index in [2.05, 4.69) is 55.5 Å². The van der Waals surface area contributed by atoms with Crippen LogP contribution < -0.4 is 0 Å². The highest BCUT2D eigenvalue weighted by atomic mass is 16.4. The average molecular weight is 276 g/mol. The fourth-order valence-electron chi connectivity index (χ4n) is 1.64. The second kappa shape index (κ2) is 15.5. The van der Waals surface area contributed by atoms with Crippen molar-refractivity contribution in [3.63, 3.8) is 0 Å². The Morgan fingerprint density at radius 1 is 0.800 bits per heavy atom. The third-order valence-corrected chi connectivity index (χ3v) is 2.73. The minimum atomic E-state index is -0.699.